The van der Waals surface area contributed by atoms with Crippen LogP contribution in [-0.4, -0.2) is 61.3 Å². The Morgan fingerprint density at radius 1 is 1.22 bits per heavy atom. The maximum absolute atomic E-state index is 12.4. The van der Waals surface area contributed by atoms with Crippen molar-refractivity contribution in [3.8, 4) is 0 Å². The quantitative estimate of drug-likeness (QED) is 0.720. The summed E-state index contributed by atoms with van der Waals surface area (Å²) in [5.41, 5.74) is 0.993. The van der Waals surface area contributed by atoms with E-state index in [1.807, 2.05) is 6.92 Å². The molecule has 0 spiro atoms. The normalized spacial score (nSPS) is 15.1. The number of carbonyl (C=O) groups excluding carboxylic acids is 1. The number of carbonyl (C=O) groups is 1. The summed E-state index contributed by atoms with van der Waals surface area (Å²) in [4.78, 5) is 18.6. The van der Waals surface area contributed by atoms with E-state index in [2.05, 4.69) is 20.4 Å². The largest absolute Gasteiger partial charge is 0.347 e. The molecule has 0 atom stereocenters. The van der Waals surface area contributed by atoms with Crippen LogP contribution in [0.4, 0.5) is 0 Å². The molecule has 3 rings (SSSR count). The van der Waals surface area contributed by atoms with Gasteiger partial charge in [-0.15, -0.1) is 0 Å². The molecule has 0 bridgehead atoms. The molecule has 0 radical (unpaired) electrons. The number of hydrogen-bond donors (Lipinski definition) is 1. The van der Waals surface area contributed by atoms with Crippen LogP contribution in [0.25, 0.3) is 0 Å². The first-order valence-electron chi connectivity index (χ1n) is 9.06. The highest BCUT2D eigenvalue weighted by atomic mass is 32.2. The van der Waals surface area contributed by atoms with E-state index in [9.17, 15) is 13.2 Å². The lowest BCUT2D eigenvalue weighted by molar-refractivity contribution is 0.0906. The Labute approximate surface area is 158 Å². The van der Waals surface area contributed by atoms with E-state index in [0.717, 1.165) is 25.2 Å². The number of nitrogens with zero attached hydrogens (tertiary/aromatic N) is 3. The van der Waals surface area contributed by atoms with E-state index in [1.165, 1.54) is 12.8 Å². The van der Waals surface area contributed by atoms with E-state index in [1.54, 1.807) is 24.3 Å². The first-order chi connectivity index (χ1) is 12.9. The molecule has 1 aromatic carbocycles. The Bertz CT molecular complexity index is 871. The molecule has 1 saturated heterocycles. The van der Waals surface area contributed by atoms with E-state index >= 15 is 0 Å². The molecule has 2 heterocycles. The Kier molecular flexibility index (Phi) is 6.22. The molecule has 1 amide bonds. The van der Waals surface area contributed by atoms with Crippen LogP contribution >= 0.6 is 0 Å². The molecular weight excluding hydrogens is 368 g/mol. The van der Waals surface area contributed by atoms with Gasteiger partial charge in [0.15, 0.2) is 15.7 Å². The maximum atomic E-state index is 12.4. The summed E-state index contributed by atoms with van der Waals surface area (Å²) in [7, 11) is -3.44. The average molecular weight is 392 g/mol. The number of amides is 1. The SMILES string of the molecule is Cc1ccc(S(=O)(=O)CCc2noc(C(=O)NCCN3CCCC3)n2)cc1. The third kappa shape index (κ3) is 5.36. The maximum Gasteiger partial charge on any atom is 0.315 e. The number of nitrogens with one attached hydrogen (secondary N) is 1. The molecule has 1 aromatic heterocycles. The van der Waals surface area contributed by atoms with Crippen molar-refractivity contribution in [2.75, 3.05) is 31.9 Å². The minimum atomic E-state index is -3.44. The highest BCUT2D eigenvalue weighted by Crippen LogP contribution is 2.13. The van der Waals surface area contributed by atoms with Crippen molar-refractivity contribution in [3.63, 3.8) is 0 Å². The van der Waals surface area contributed by atoms with Crippen molar-refractivity contribution in [1.29, 1.82) is 0 Å². The zero-order valence-electron chi connectivity index (χ0n) is 15.3. The highest BCUT2D eigenvalue weighted by Gasteiger charge is 2.19. The molecule has 27 heavy (non-hydrogen) atoms. The molecule has 1 aliphatic heterocycles. The molecule has 1 fully saturated rings. The molecule has 8 nitrogen and oxygen atoms in total. The second-order valence-electron chi connectivity index (χ2n) is 6.70. The van der Waals surface area contributed by atoms with E-state index in [0.29, 0.717) is 6.54 Å². The Morgan fingerprint density at radius 3 is 2.63 bits per heavy atom. The van der Waals surface area contributed by atoms with Crippen molar-refractivity contribution < 1.29 is 17.7 Å². The van der Waals surface area contributed by atoms with Gasteiger partial charge >= 0.3 is 11.8 Å². The van der Waals surface area contributed by atoms with Gasteiger partial charge < -0.3 is 14.7 Å². The highest BCUT2D eigenvalue weighted by molar-refractivity contribution is 7.91. The summed E-state index contributed by atoms with van der Waals surface area (Å²) >= 11 is 0. The van der Waals surface area contributed by atoms with E-state index in [4.69, 9.17) is 4.52 Å². The third-order valence-corrected chi connectivity index (χ3v) is 6.28. The summed E-state index contributed by atoms with van der Waals surface area (Å²) in [5, 5.41) is 6.46. The summed E-state index contributed by atoms with van der Waals surface area (Å²) in [6, 6.07) is 6.68. The number of likely N-dealkylation sites (tertiary alicyclic amines) is 1. The van der Waals surface area contributed by atoms with Crippen molar-refractivity contribution in [3.05, 3.63) is 41.5 Å². The summed E-state index contributed by atoms with van der Waals surface area (Å²) in [6.07, 6.45) is 2.49. The van der Waals surface area contributed by atoms with Crippen molar-refractivity contribution >= 4 is 15.7 Å². The second-order valence-corrected chi connectivity index (χ2v) is 8.81. The summed E-state index contributed by atoms with van der Waals surface area (Å²) in [5.74, 6) is -0.519. The lowest BCUT2D eigenvalue weighted by Gasteiger charge is -2.13. The van der Waals surface area contributed by atoms with Gasteiger partial charge in [-0.1, -0.05) is 22.9 Å². The molecule has 0 unspecified atom stereocenters. The van der Waals surface area contributed by atoms with Crippen LogP contribution in [0.5, 0.6) is 0 Å². The summed E-state index contributed by atoms with van der Waals surface area (Å²) < 4.78 is 29.7. The van der Waals surface area contributed by atoms with Crippen LogP contribution in [0.3, 0.4) is 0 Å². The molecular formula is C18H24N4O4S. The standard InChI is InChI=1S/C18H24N4O4S/c1-14-4-6-15(7-5-14)27(24,25)13-8-16-20-18(26-21-16)17(23)19-9-12-22-10-2-3-11-22/h4-7H,2-3,8-13H2,1H3,(H,19,23). The van der Waals surface area contributed by atoms with Gasteiger partial charge in [-0.25, -0.2) is 8.42 Å². The van der Waals surface area contributed by atoms with Crippen LogP contribution in [0, 0.1) is 6.92 Å². The van der Waals surface area contributed by atoms with Crippen LogP contribution in [0.15, 0.2) is 33.7 Å². The average Bonchev–Trinajstić information content (AvgIpc) is 3.32. The molecule has 9 heteroatoms. The fraction of sp³-hybridized carbons (Fsp3) is 0.500. The number of sulfone groups is 1. The van der Waals surface area contributed by atoms with Gasteiger partial charge in [0.2, 0.25) is 0 Å². The molecule has 146 valence electrons. The Hall–Kier alpha value is -2.26. The fourth-order valence-electron chi connectivity index (χ4n) is 2.95. The van der Waals surface area contributed by atoms with Crippen LogP contribution in [-0.2, 0) is 16.3 Å². The van der Waals surface area contributed by atoms with Gasteiger partial charge in [-0.2, -0.15) is 4.98 Å². The minimum absolute atomic E-state index is 0.0841. The second kappa shape index (κ2) is 8.62. The van der Waals surface area contributed by atoms with E-state index < -0.39 is 15.7 Å². The smallest absolute Gasteiger partial charge is 0.315 e. The zero-order valence-corrected chi connectivity index (χ0v) is 16.2. The van der Waals surface area contributed by atoms with Gasteiger partial charge in [0.1, 0.15) is 0 Å². The van der Waals surface area contributed by atoms with Gasteiger partial charge in [0, 0.05) is 19.5 Å². The molecule has 0 saturated carbocycles. The first-order valence-corrected chi connectivity index (χ1v) is 10.7. The van der Waals surface area contributed by atoms with Crippen molar-refractivity contribution in [2.45, 2.75) is 31.1 Å². The fourth-order valence-corrected chi connectivity index (χ4v) is 4.18. The van der Waals surface area contributed by atoms with Crippen molar-refractivity contribution in [2.24, 2.45) is 0 Å². The molecule has 1 N–H and O–H groups in total. The van der Waals surface area contributed by atoms with Crippen LogP contribution in [0.2, 0.25) is 0 Å². The van der Waals surface area contributed by atoms with Crippen LogP contribution in [0.1, 0.15) is 34.9 Å². The third-order valence-electron chi connectivity index (χ3n) is 4.55. The lowest BCUT2D eigenvalue weighted by Crippen LogP contribution is -2.33. The Balaban J connectivity index is 1.49. The zero-order chi connectivity index (χ0) is 19.3. The predicted molar refractivity (Wildman–Crippen MR) is 99.2 cm³/mol. The number of rotatable bonds is 8. The minimum Gasteiger partial charge on any atom is -0.347 e. The first kappa shape index (κ1) is 19.5. The molecule has 1 aliphatic rings. The molecule has 2 aromatic rings. The van der Waals surface area contributed by atoms with Gasteiger partial charge in [-0.05, 0) is 45.0 Å². The lowest BCUT2D eigenvalue weighted by atomic mass is 10.2. The monoisotopic (exact) mass is 392 g/mol. The van der Waals surface area contributed by atoms with E-state index in [-0.39, 0.29) is 28.8 Å². The number of aryl methyl sites for hydroxylation is 2. The summed E-state index contributed by atoms with van der Waals surface area (Å²) in [6.45, 7) is 5.33. The van der Waals surface area contributed by atoms with Gasteiger partial charge in [0.25, 0.3) is 0 Å². The predicted octanol–water partition coefficient (Wildman–Crippen LogP) is 1.22. The number of hydrogen-bond acceptors (Lipinski definition) is 7. The van der Waals surface area contributed by atoms with Crippen molar-refractivity contribution in [1.82, 2.24) is 20.4 Å². The van der Waals surface area contributed by atoms with Gasteiger partial charge in [-0.3, -0.25) is 4.79 Å². The topological polar surface area (TPSA) is 105 Å². The Morgan fingerprint density at radius 2 is 1.93 bits per heavy atom. The molecule has 0 aliphatic carbocycles. The number of aromatic nitrogens is 2. The number of benzene rings is 1. The van der Waals surface area contributed by atoms with Gasteiger partial charge in [0.05, 0.1) is 10.6 Å². The van der Waals surface area contributed by atoms with Crippen LogP contribution < -0.4 is 5.32 Å².